The van der Waals surface area contributed by atoms with Crippen molar-refractivity contribution in [3.63, 3.8) is 0 Å². The molecule has 0 aliphatic carbocycles. The fourth-order valence-corrected chi connectivity index (χ4v) is 2.41. The molecule has 0 aliphatic rings. The standard InChI is InChI=1S/C16H17N5O2.CH2O2/c1-10(2)20-14(8-9-17-20)15-18-11(3)19-21(15)13-6-4-12(5-7-13)16(22)23;2-1-3/h4-10H,1-3H3,(H,22,23);1H,(H,2,3). The summed E-state index contributed by atoms with van der Waals surface area (Å²) in [5, 5.41) is 24.7. The highest BCUT2D eigenvalue weighted by Gasteiger charge is 2.17. The molecule has 0 saturated heterocycles. The molecule has 3 rings (SSSR count). The molecule has 0 fully saturated rings. The number of aromatic carboxylic acids is 1. The van der Waals surface area contributed by atoms with Gasteiger partial charge in [-0.05, 0) is 51.1 Å². The van der Waals surface area contributed by atoms with Gasteiger partial charge >= 0.3 is 5.97 Å². The summed E-state index contributed by atoms with van der Waals surface area (Å²) < 4.78 is 3.59. The van der Waals surface area contributed by atoms with Gasteiger partial charge in [0.15, 0.2) is 5.82 Å². The number of rotatable bonds is 4. The van der Waals surface area contributed by atoms with Crippen LogP contribution >= 0.6 is 0 Å². The molecule has 26 heavy (non-hydrogen) atoms. The van der Waals surface area contributed by atoms with E-state index in [-0.39, 0.29) is 18.1 Å². The molecule has 0 spiro atoms. The first-order valence-corrected chi connectivity index (χ1v) is 7.78. The van der Waals surface area contributed by atoms with Crippen LogP contribution in [0.4, 0.5) is 0 Å². The van der Waals surface area contributed by atoms with Gasteiger partial charge < -0.3 is 10.2 Å². The van der Waals surface area contributed by atoms with Crippen LogP contribution in [0, 0.1) is 6.92 Å². The largest absolute Gasteiger partial charge is 0.483 e. The fourth-order valence-electron chi connectivity index (χ4n) is 2.41. The number of hydrogen-bond donors (Lipinski definition) is 2. The summed E-state index contributed by atoms with van der Waals surface area (Å²) in [6.45, 7) is 5.67. The van der Waals surface area contributed by atoms with Crippen LogP contribution in [0.25, 0.3) is 17.2 Å². The highest BCUT2D eigenvalue weighted by atomic mass is 16.4. The van der Waals surface area contributed by atoms with Crippen molar-refractivity contribution in [3.05, 3.63) is 47.9 Å². The maximum Gasteiger partial charge on any atom is 0.335 e. The van der Waals surface area contributed by atoms with Crippen molar-refractivity contribution in [1.29, 1.82) is 0 Å². The average Bonchev–Trinajstić information content (AvgIpc) is 3.22. The Hall–Kier alpha value is -3.49. The van der Waals surface area contributed by atoms with Crippen molar-refractivity contribution in [3.8, 4) is 17.2 Å². The highest BCUT2D eigenvalue weighted by molar-refractivity contribution is 5.87. The predicted octanol–water partition coefficient (Wildman–Crippen LogP) is 2.42. The lowest BCUT2D eigenvalue weighted by atomic mass is 10.2. The number of carbonyl (C=O) groups is 2. The van der Waals surface area contributed by atoms with E-state index >= 15 is 0 Å². The molecular formula is C17H19N5O4. The van der Waals surface area contributed by atoms with Crippen LogP contribution in [-0.2, 0) is 4.79 Å². The number of aromatic nitrogens is 5. The van der Waals surface area contributed by atoms with Crippen molar-refractivity contribution >= 4 is 12.4 Å². The van der Waals surface area contributed by atoms with Crippen LogP contribution in [-0.4, -0.2) is 47.2 Å². The van der Waals surface area contributed by atoms with E-state index < -0.39 is 5.97 Å². The average molecular weight is 357 g/mol. The van der Waals surface area contributed by atoms with E-state index in [0.717, 1.165) is 11.4 Å². The maximum atomic E-state index is 11.0. The Kier molecular flexibility index (Phi) is 5.84. The Morgan fingerprint density at radius 3 is 2.35 bits per heavy atom. The first-order chi connectivity index (χ1) is 12.4. The van der Waals surface area contributed by atoms with Crippen LogP contribution in [0.3, 0.4) is 0 Å². The van der Waals surface area contributed by atoms with E-state index in [1.807, 2.05) is 31.5 Å². The second kappa shape index (κ2) is 8.06. The van der Waals surface area contributed by atoms with Crippen LogP contribution in [0.15, 0.2) is 36.5 Å². The van der Waals surface area contributed by atoms with Crippen LogP contribution < -0.4 is 0 Å². The predicted molar refractivity (Wildman–Crippen MR) is 93.4 cm³/mol. The number of carboxylic acids is 1. The summed E-state index contributed by atoms with van der Waals surface area (Å²) in [6.07, 6.45) is 1.73. The Balaban J connectivity index is 0.000000758. The maximum absolute atomic E-state index is 11.0. The molecule has 2 aromatic heterocycles. The minimum absolute atomic E-state index is 0.194. The zero-order chi connectivity index (χ0) is 19.3. The van der Waals surface area contributed by atoms with Crippen LogP contribution in [0.2, 0.25) is 0 Å². The van der Waals surface area contributed by atoms with E-state index in [1.165, 1.54) is 0 Å². The van der Waals surface area contributed by atoms with E-state index in [9.17, 15) is 4.79 Å². The van der Waals surface area contributed by atoms with Gasteiger partial charge in [0.05, 0.1) is 11.3 Å². The minimum Gasteiger partial charge on any atom is -0.483 e. The van der Waals surface area contributed by atoms with Gasteiger partial charge in [0.2, 0.25) is 0 Å². The first-order valence-electron chi connectivity index (χ1n) is 7.78. The smallest absolute Gasteiger partial charge is 0.335 e. The zero-order valence-corrected chi connectivity index (χ0v) is 14.6. The lowest BCUT2D eigenvalue weighted by molar-refractivity contribution is -0.122. The molecule has 136 valence electrons. The molecule has 0 unspecified atom stereocenters. The molecule has 0 saturated carbocycles. The molecule has 9 heteroatoms. The molecule has 1 aromatic carbocycles. The molecule has 0 amide bonds. The lowest BCUT2D eigenvalue weighted by Crippen LogP contribution is -2.08. The minimum atomic E-state index is -0.954. The van der Waals surface area contributed by atoms with Gasteiger partial charge in [-0.2, -0.15) is 10.2 Å². The number of carboxylic acid groups (broad SMARTS) is 2. The zero-order valence-electron chi connectivity index (χ0n) is 14.6. The third-order valence-corrected chi connectivity index (χ3v) is 3.46. The Labute approximate surface area is 149 Å². The highest BCUT2D eigenvalue weighted by Crippen LogP contribution is 2.23. The summed E-state index contributed by atoms with van der Waals surface area (Å²) in [4.78, 5) is 23.8. The molecule has 9 nitrogen and oxygen atoms in total. The van der Waals surface area contributed by atoms with Crippen molar-refractivity contribution in [1.82, 2.24) is 24.5 Å². The van der Waals surface area contributed by atoms with Crippen LogP contribution in [0.5, 0.6) is 0 Å². The van der Waals surface area contributed by atoms with Gasteiger partial charge in [-0.15, -0.1) is 0 Å². The van der Waals surface area contributed by atoms with Gasteiger partial charge in [0.25, 0.3) is 6.47 Å². The number of aryl methyl sites for hydroxylation is 1. The van der Waals surface area contributed by atoms with E-state index in [4.69, 9.17) is 15.0 Å². The molecule has 0 aliphatic heterocycles. The van der Waals surface area contributed by atoms with Gasteiger partial charge in [0, 0.05) is 12.2 Å². The lowest BCUT2D eigenvalue weighted by Gasteiger charge is -2.11. The van der Waals surface area contributed by atoms with E-state index in [0.29, 0.717) is 11.6 Å². The number of benzene rings is 1. The van der Waals surface area contributed by atoms with Gasteiger partial charge in [-0.1, -0.05) is 0 Å². The van der Waals surface area contributed by atoms with Crippen molar-refractivity contribution in [2.75, 3.05) is 0 Å². The van der Waals surface area contributed by atoms with Gasteiger partial charge in [-0.3, -0.25) is 9.48 Å². The topological polar surface area (TPSA) is 123 Å². The van der Waals surface area contributed by atoms with Crippen molar-refractivity contribution in [2.45, 2.75) is 26.8 Å². The Bertz CT molecular complexity index is 896. The third kappa shape index (κ3) is 3.94. The summed E-state index contributed by atoms with van der Waals surface area (Å²) in [7, 11) is 0. The summed E-state index contributed by atoms with van der Waals surface area (Å²) in [5.41, 5.74) is 1.85. The fraction of sp³-hybridized carbons (Fsp3) is 0.235. The van der Waals surface area contributed by atoms with Crippen molar-refractivity contribution in [2.24, 2.45) is 0 Å². The summed E-state index contributed by atoms with van der Waals surface area (Å²) in [6, 6.07) is 8.64. The monoisotopic (exact) mass is 357 g/mol. The first kappa shape index (κ1) is 18.8. The molecule has 0 radical (unpaired) electrons. The molecule has 0 atom stereocenters. The quantitative estimate of drug-likeness (QED) is 0.687. The normalized spacial score (nSPS) is 10.3. The van der Waals surface area contributed by atoms with E-state index in [2.05, 4.69) is 15.2 Å². The van der Waals surface area contributed by atoms with Crippen molar-refractivity contribution < 1.29 is 19.8 Å². The van der Waals surface area contributed by atoms with Gasteiger partial charge in [-0.25, -0.2) is 14.5 Å². The number of hydrogen-bond acceptors (Lipinski definition) is 5. The second-order valence-corrected chi connectivity index (χ2v) is 5.61. The molecule has 2 heterocycles. The summed E-state index contributed by atoms with van der Waals surface area (Å²) >= 11 is 0. The Morgan fingerprint density at radius 2 is 1.81 bits per heavy atom. The SMILES string of the molecule is Cc1nc(-c2ccnn2C(C)C)n(-c2ccc(C(=O)O)cc2)n1.O=CO. The molecule has 0 bridgehead atoms. The molecule has 2 N–H and O–H groups in total. The van der Waals surface area contributed by atoms with Gasteiger partial charge in [0.1, 0.15) is 11.5 Å². The number of nitrogens with zero attached hydrogens (tertiary/aromatic N) is 5. The van der Waals surface area contributed by atoms with Crippen LogP contribution in [0.1, 0.15) is 36.1 Å². The molecular weight excluding hydrogens is 338 g/mol. The Morgan fingerprint density at radius 1 is 1.19 bits per heavy atom. The second-order valence-electron chi connectivity index (χ2n) is 5.61. The third-order valence-electron chi connectivity index (χ3n) is 3.46. The summed E-state index contributed by atoms with van der Waals surface area (Å²) in [5.74, 6) is 0.361. The molecule has 3 aromatic rings. The van der Waals surface area contributed by atoms with E-state index in [1.54, 1.807) is 35.1 Å².